The molecular weight excluding hydrogens is 285 g/mol. The Morgan fingerprint density at radius 1 is 1.10 bits per heavy atom. The highest BCUT2D eigenvalue weighted by Crippen LogP contribution is 2.24. The van der Waals surface area contributed by atoms with E-state index in [1.54, 1.807) is 23.9 Å². The fraction of sp³-hybridized carbons (Fsp3) is 0.294. The molecule has 2 N–H and O–H groups in total. The molecule has 0 aliphatic heterocycles. The standard InChI is InChI=1S/C17H20FNOS/c1-13(14-3-5-15(18)6-4-14)19-16-7-9-17(10-8-16)21-12-2-11-20/h3-10,13,19-20H,2,11-12H2,1H3. The van der Waals surface area contributed by atoms with Gasteiger partial charge in [0.15, 0.2) is 0 Å². The Kier molecular flexibility index (Phi) is 6.08. The molecule has 0 amide bonds. The minimum Gasteiger partial charge on any atom is -0.396 e. The molecule has 1 unspecified atom stereocenters. The van der Waals surface area contributed by atoms with E-state index in [4.69, 9.17) is 5.11 Å². The lowest BCUT2D eigenvalue weighted by Crippen LogP contribution is -2.06. The molecule has 4 heteroatoms. The first-order valence-electron chi connectivity index (χ1n) is 7.05. The summed E-state index contributed by atoms with van der Waals surface area (Å²) in [6, 6.07) is 14.9. The summed E-state index contributed by atoms with van der Waals surface area (Å²) in [5.41, 5.74) is 2.09. The second kappa shape index (κ2) is 8.05. The Balaban J connectivity index is 1.91. The Bertz CT molecular complexity index is 542. The minimum absolute atomic E-state index is 0.124. The summed E-state index contributed by atoms with van der Waals surface area (Å²) in [4.78, 5) is 1.20. The summed E-state index contributed by atoms with van der Waals surface area (Å²) in [5, 5.41) is 12.2. The summed E-state index contributed by atoms with van der Waals surface area (Å²) >= 11 is 1.74. The van der Waals surface area contributed by atoms with Crippen molar-refractivity contribution >= 4 is 17.4 Å². The predicted octanol–water partition coefficient (Wildman–Crippen LogP) is 4.47. The van der Waals surface area contributed by atoms with Crippen molar-refractivity contribution in [2.45, 2.75) is 24.3 Å². The highest BCUT2D eigenvalue weighted by Gasteiger charge is 2.05. The van der Waals surface area contributed by atoms with Gasteiger partial charge in [0.2, 0.25) is 0 Å². The second-order valence-electron chi connectivity index (χ2n) is 4.87. The van der Waals surface area contributed by atoms with Gasteiger partial charge in [-0.1, -0.05) is 12.1 Å². The first-order valence-corrected chi connectivity index (χ1v) is 8.03. The third-order valence-electron chi connectivity index (χ3n) is 3.18. The van der Waals surface area contributed by atoms with Gasteiger partial charge in [0.25, 0.3) is 0 Å². The van der Waals surface area contributed by atoms with Gasteiger partial charge in [0.1, 0.15) is 5.82 Å². The maximum atomic E-state index is 12.9. The van der Waals surface area contributed by atoms with E-state index >= 15 is 0 Å². The molecule has 0 fully saturated rings. The van der Waals surface area contributed by atoms with Crippen LogP contribution in [0.4, 0.5) is 10.1 Å². The second-order valence-corrected chi connectivity index (χ2v) is 6.04. The molecule has 0 saturated heterocycles. The highest BCUT2D eigenvalue weighted by atomic mass is 32.2. The summed E-state index contributed by atoms with van der Waals surface area (Å²) in [6.07, 6.45) is 0.812. The number of rotatable bonds is 7. The van der Waals surface area contributed by atoms with Crippen molar-refractivity contribution in [1.82, 2.24) is 0 Å². The maximum Gasteiger partial charge on any atom is 0.123 e. The van der Waals surface area contributed by atoms with Gasteiger partial charge in [-0.05, 0) is 55.3 Å². The number of anilines is 1. The summed E-state index contributed by atoms with van der Waals surface area (Å²) in [6.45, 7) is 2.29. The number of nitrogens with one attached hydrogen (secondary N) is 1. The van der Waals surface area contributed by atoms with Gasteiger partial charge < -0.3 is 10.4 Å². The van der Waals surface area contributed by atoms with Crippen molar-refractivity contribution < 1.29 is 9.50 Å². The van der Waals surface area contributed by atoms with Crippen LogP contribution in [0, 0.1) is 5.82 Å². The summed E-state index contributed by atoms with van der Waals surface area (Å²) in [7, 11) is 0. The van der Waals surface area contributed by atoms with E-state index in [0.29, 0.717) is 0 Å². The van der Waals surface area contributed by atoms with Crippen LogP contribution in [0.15, 0.2) is 53.4 Å². The van der Waals surface area contributed by atoms with Crippen molar-refractivity contribution in [3.05, 3.63) is 59.9 Å². The number of aliphatic hydroxyl groups excluding tert-OH is 1. The molecule has 2 aromatic rings. The molecule has 21 heavy (non-hydrogen) atoms. The zero-order valence-corrected chi connectivity index (χ0v) is 12.9. The molecule has 2 nitrogen and oxygen atoms in total. The van der Waals surface area contributed by atoms with Gasteiger partial charge in [0, 0.05) is 29.0 Å². The van der Waals surface area contributed by atoms with Gasteiger partial charge in [-0.25, -0.2) is 4.39 Å². The van der Waals surface area contributed by atoms with E-state index in [0.717, 1.165) is 23.4 Å². The molecule has 1 atom stereocenters. The zero-order chi connectivity index (χ0) is 15.1. The normalized spacial score (nSPS) is 12.1. The molecule has 0 spiro atoms. The van der Waals surface area contributed by atoms with E-state index in [2.05, 4.69) is 24.4 Å². The molecule has 2 aromatic carbocycles. The minimum atomic E-state index is -0.213. The third kappa shape index (κ3) is 5.06. The number of aliphatic hydroxyl groups is 1. The molecule has 0 aliphatic carbocycles. The van der Waals surface area contributed by atoms with Crippen molar-refractivity contribution in [2.75, 3.05) is 17.7 Å². The fourth-order valence-electron chi connectivity index (χ4n) is 1.99. The van der Waals surface area contributed by atoms with Crippen LogP contribution >= 0.6 is 11.8 Å². The van der Waals surface area contributed by atoms with E-state index in [9.17, 15) is 4.39 Å². The molecule has 0 bridgehead atoms. The van der Waals surface area contributed by atoms with Crippen molar-refractivity contribution in [3.63, 3.8) is 0 Å². The van der Waals surface area contributed by atoms with Crippen LogP contribution in [0.3, 0.4) is 0 Å². The number of halogens is 1. The number of thioether (sulfide) groups is 1. The van der Waals surface area contributed by atoms with E-state index < -0.39 is 0 Å². The molecule has 0 aliphatic rings. The molecule has 0 radical (unpaired) electrons. The van der Waals surface area contributed by atoms with Crippen LogP contribution in [0.1, 0.15) is 24.9 Å². The van der Waals surface area contributed by atoms with Crippen LogP contribution in [0.5, 0.6) is 0 Å². The molecular formula is C17H20FNOS. The Morgan fingerprint density at radius 2 is 1.76 bits per heavy atom. The molecule has 2 rings (SSSR count). The monoisotopic (exact) mass is 305 g/mol. The average molecular weight is 305 g/mol. The van der Waals surface area contributed by atoms with Crippen molar-refractivity contribution in [3.8, 4) is 0 Å². The number of benzene rings is 2. The lowest BCUT2D eigenvalue weighted by molar-refractivity contribution is 0.296. The molecule has 112 valence electrons. The summed E-state index contributed by atoms with van der Waals surface area (Å²) in [5.74, 6) is 0.713. The van der Waals surface area contributed by atoms with Gasteiger partial charge in [-0.3, -0.25) is 0 Å². The first kappa shape index (κ1) is 15.9. The molecule has 0 heterocycles. The van der Waals surface area contributed by atoms with Crippen LogP contribution in [-0.2, 0) is 0 Å². The van der Waals surface area contributed by atoms with Crippen LogP contribution in [0.2, 0.25) is 0 Å². The smallest absolute Gasteiger partial charge is 0.123 e. The third-order valence-corrected chi connectivity index (χ3v) is 4.28. The lowest BCUT2D eigenvalue weighted by atomic mass is 10.1. The summed E-state index contributed by atoms with van der Waals surface area (Å²) < 4.78 is 12.9. The van der Waals surface area contributed by atoms with Crippen LogP contribution in [-0.4, -0.2) is 17.5 Å². The van der Waals surface area contributed by atoms with Gasteiger partial charge in [0.05, 0.1) is 0 Å². The zero-order valence-electron chi connectivity index (χ0n) is 12.1. The predicted molar refractivity (Wildman–Crippen MR) is 87.3 cm³/mol. The Hall–Kier alpha value is -1.52. The number of hydrogen-bond acceptors (Lipinski definition) is 3. The topological polar surface area (TPSA) is 32.3 Å². The Morgan fingerprint density at radius 3 is 2.38 bits per heavy atom. The Labute approximate surface area is 129 Å². The van der Waals surface area contributed by atoms with E-state index in [1.165, 1.54) is 17.0 Å². The van der Waals surface area contributed by atoms with E-state index in [-0.39, 0.29) is 18.5 Å². The average Bonchev–Trinajstić information content (AvgIpc) is 2.50. The van der Waals surface area contributed by atoms with Crippen LogP contribution in [0.25, 0.3) is 0 Å². The van der Waals surface area contributed by atoms with E-state index in [1.807, 2.05) is 12.1 Å². The largest absolute Gasteiger partial charge is 0.396 e. The highest BCUT2D eigenvalue weighted by molar-refractivity contribution is 7.99. The first-order chi connectivity index (χ1) is 10.2. The fourth-order valence-corrected chi connectivity index (χ4v) is 2.82. The van der Waals surface area contributed by atoms with Crippen molar-refractivity contribution in [1.29, 1.82) is 0 Å². The SMILES string of the molecule is CC(Nc1ccc(SCCCO)cc1)c1ccc(F)cc1. The van der Waals surface area contributed by atoms with Gasteiger partial charge >= 0.3 is 0 Å². The lowest BCUT2D eigenvalue weighted by Gasteiger charge is -2.16. The maximum absolute atomic E-state index is 12.9. The van der Waals surface area contributed by atoms with Gasteiger partial charge in [-0.15, -0.1) is 11.8 Å². The molecule has 0 aromatic heterocycles. The molecule has 0 saturated carbocycles. The van der Waals surface area contributed by atoms with Gasteiger partial charge in [-0.2, -0.15) is 0 Å². The van der Waals surface area contributed by atoms with Crippen LogP contribution < -0.4 is 5.32 Å². The number of hydrogen-bond donors (Lipinski definition) is 2. The quantitative estimate of drug-likeness (QED) is 0.584. The van der Waals surface area contributed by atoms with Crippen molar-refractivity contribution in [2.24, 2.45) is 0 Å².